The highest BCUT2D eigenvalue weighted by Gasteiger charge is 2.34. The number of ether oxygens (including phenoxy) is 3. The molecule has 0 spiro atoms. The van der Waals surface area contributed by atoms with Crippen molar-refractivity contribution in [3.05, 3.63) is 54.9 Å². The fourth-order valence-corrected chi connectivity index (χ4v) is 4.75. The fraction of sp³-hybridized carbons (Fsp3) is 0.400. The van der Waals surface area contributed by atoms with Gasteiger partial charge in [-0.25, -0.2) is 0 Å². The van der Waals surface area contributed by atoms with Crippen molar-refractivity contribution in [3.63, 3.8) is 0 Å². The van der Waals surface area contributed by atoms with Gasteiger partial charge in [0.25, 0.3) is 0 Å². The second-order valence-electron chi connectivity index (χ2n) is 8.41. The smallest absolute Gasteiger partial charge is 0.144 e. The lowest BCUT2D eigenvalue weighted by Gasteiger charge is -2.33. The zero-order chi connectivity index (χ0) is 21.2. The van der Waals surface area contributed by atoms with E-state index in [4.69, 9.17) is 14.2 Å². The Kier molecular flexibility index (Phi) is 5.76. The van der Waals surface area contributed by atoms with E-state index >= 15 is 0 Å². The molecule has 1 aromatic heterocycles. The number of hydrogen-bond donors (Lipinski definition) is 1. The van der Waals surface area contributed by atoms with Crippen LogP contribution in [0.4, 0.5) is 0 Å². The lowest BCUT2D eigenvalue weighted by atomic mass is 9.98. The molecule has 0 saturated carbocycles. The van der Waals surface area contributed by atoms with Gasteiger partial charge in [0.2, 0.25) is 0 Å². The van der Waals surface area contributed by atoms with Gasteiger partial charge in [-0.3, -0.25) is 9.88 Å². The van der Waals surface area contributed by atoms with E-state index in [1.54, 1.807) is 19.5 Å². The van der Waals surface area contributed by atoms with Gasteiger partial charge >= 0.3 is 0 Å². The molecule has 3 aromatic rings. The maximum absolute atomic E-state index is 10.6. The monoisotopic (exact) mass is 420 g/mol. The number of pyridine rings is 1. The molecule has 162 valence electrons. The van der Waals surface area contributed by atoms with E-state index in [9.17, 15) is 5.11 Å². The molecule has 6 heteroatoms. The molecule has 0 aliphatic carbocycles. The van der Waals surface area contributed by atoms with Crippen LogP contribution in [-0.4, -0.2) is 66.7 Å². The zero-order valence-electron chi connectivity index (χ0n) is 17.7. The standard InChI is InChI=1S/C25H28N2O4/c1-29-25-12-26-9-8-23(25)24-11-21(10-17-4-2-3-5-22(17)24)30-16-18(28)13-27-14-19-6-7-20(15-27)31-19/h2-5,8-12,18-20,28H,6-7,13-16H2,1H3/t18?,19-,20+. The summed E-state index contributed by atoms with van der Waals surface area (Å²) in [4.78, 5) is 6.47. The summed E-state index contributed by atoms with van der Waals surface area (Å²) < 4.78 is 17.5. The van der Waals surface area contributed by atoms with Crippen LogP contribution in [0.3, 0.4) is 0 Å². The summed E-state index contributed by atoms with van der Waals surface area (Å²) in [6, 6.07) is 14.2. The van der Waals surface area contributed by atoms with Crippen LogP contribution < -0.4 is 9.47 Å². The Morgan fingerprint density at radius 2 is 1.94 bits per heavy atom. The molecule has 2 aromatic carbocycles. The number of benzene rings is 2. The number of rotatable bonds is 7. The van der Waals surface area contributed by atoms with Crippen molar-refractivity contribution >= 4 is 10.8 Å². The molecular formula is C25H28N2O4. The van der Waals surface area contributed by atoms with Gasteiger partial charge < -0.3 is 19.3 Å². The van der Waals surface area contributed by atoms with Crippen LogP contribution in [0.2, 0.25) is 0 Å². The summed E-state index contributed by atoms with van der Waals surface area (Å²) in [5, 5.41) is 12.8. The Morgan fingerprint density at radius 3 is 2.74 bits per heavy atom. The van der Waals surface area contributed by atoms with Crippen LogP contribution in [0.1, 0.15) is 12.8 Å². The molecule has 0 radical (unpaired) electrons. The largest absolute Gasteiger partial charge is 0.494 e. The summed E-state index contributed by atoms with van der Waals surface area (Å²) in [6.07, 6.45) is 5.84. The van der Waals surface area contributed by atoms with Crippen molar-refractivity contribution in [3.8, 4) is 22.6 Å². The van der Waals surface area contributed by atoms with Gasteiger partial charge in [-0.15, -0.1) is 0 Å². The number of hydrogen-bond acceptors (Lipinski definition) is 6. The second kappa shape index (κ2) is 8.83. The highest BCUT2D eigenvalue weighted by Crippen LogP contribution is 2.37. The number of nitrogens with zero attached hydrogens (tertiary/aromatic N) is 2. The van der Waals surface area contributed by atoms with Crippen LogP contribution in [0.5, 0.6) is 11.5 Å². The lowest BCUT2D eigenvalue weighted by Crippen LogP contribution is -2.46. The van der Waals surface area contributed by atoms with Gasteiger partial charge in [-0.2, -0.15) is 0 Å². The molecule has 3 heterocycles. The molecule has 2 bridgehead atoms. The van der Waals surface area contributed by atoms with Gasteiger partial charge in [0, 0.05) is 31.4 Å². The molecule has 3 atom stereocenters. The SMILES string of the molecule is COc1cnccc1-c1cc(OCC(O)CN2C[C@H]3CC[C@@H](C2)O3)cc2ccccc12. The van der Waals surface area contributed by atoms with Crippen LogP contribution in [0.15, 0.2) is 54.9 Å². The topological polar surface area (TPSA) is 64.0 Å². The first kappa shape index (κ1) is 20.2. The Labute approximate surface area is 182 Å². The third-order valence-electron chi connectivity index (χ3n) is 6.16. The van der Waals surface area contributed by atoms with E-state index in [2.05, 4.69) is 22.0 Å². The van der Waals surface area contributed by atoms with Crippen LogP contribution in [0.25, 0.3) is 21.9 Å². The molecule has 2 aliphatic rings. The number of methoxy groups -OCH3 is 1. The Balaban J connectivity index is 1.34. The van der Waals surface area contributed by atoms with E-state index in [0.29, 0.717) is 24.5 Å². The molecule has 5 rings (SSSR count). The Morgan fingerprint density at radius 1 is 1.13 bits per heavy atom. The van der Waals surface area contributed by atoms with Gasteiger partial charge in [-0.05, 0) is 47.4 Å². The summed E-state index contributed by atoms with van der Waals surface area (Å²) in [7, 11) is 1.65. The molecule has 1 unspecified atom stereocenters. The quantitative estimate of drug-likeness (QED) is 0.631. The number of aromatic nitrogens is 1. The minimum atomic E-state index is -0.553. The second-order valence-corrected chi connectivity index (χ2v) is 8.41. The highest BCUT2D eigenvalue weighted by atomic mass is 16.5. The molecule has 2 aliphatic heterocycles. The number of aliphatic hydroxyl groups excluding tert-OH is 1. The van der Waals surface area contributed by atoms with Crippen molar-refractivity contribution in [2.45, 2.75) is 31.2 Å². The maximum Gasteiger partial charge on any atom is 0.144 e. The van der Waals surface area contributed by atoms with Crippen molar-refractivity contribution in [2.75, 3.05) is 33.4 Å². The van der Waals surface area contributed by atoms with Gasteiger partial charge in [0.1, 0.15) is 24.2 Å². The van der Waals surface area contributed by atoms with Crippen molar-refractivity contribution < 1.29 is 19.3 Å². The Hall–Kier alpha value is -2.67. The van der Waals surface area contributed by atoms with Crippen LogP contribution in [0, 0.1) is 0 Å². The Bertz CT molecular complexity index is 1040. The molecule has 2 fully saturated rings. The predicted molar refractivity (Wildman–Crippen MR) is 120 cm³/mol. The van der Waals surface area contributed by atoms with Gasteiger partial charge in [-0.1, -0.05) is 24.3 Å². The molecule has 0 amide bonds. The van der Waals surface area contributed by atoms with Crippen LogP contribution in [-0.2, 0) is 4.74 Å². The molecule has 31 heavy (non-hydrogen) atoms. The van der Waals surface area contributed by atoms with Gasteiger partial charge in [0.05, 0.1) is 25.5 Å². The molecule has 1 N–H and O–H groups in total. The van der Waals surface area contributed by atoms with Crippen molar-refractivity contribution in [1.29, 1.82) is 0 Å². The third kappa shape index (κ3) is 4.37. The van der Waals surface area contributed by atoms with Gasteiger partial charge in [0.15, 0.2) is 0 Å². The number of aliphatic hydroxyl groups is 1. The molecular weight excluding hydrogens is 392 g/mol. The van der Waals surface area contributed by atoms with Crippen LogP contribution >= 0.6 is 0 Å². The molecule has 2 saturated heterocycles. The minimum absolute atomic E-state index is 0.248. The lowest BCUT2D eigenvalue weighted by molar-refractivity contribution is -0.0528. The first-order valence-corrected chi connectivity index (χ1v) is 10.9. The predicted octanol–water partition coefficient (Wildman–Crippen LogP) is 3.51. The summed E-state index contributed by atoms with van der Waals surface area (Å²) >= 11 is 0. The normalized spacial score (nSPS) is 21.9. The average Bonchev–Trinajstić information content (AvgIpc) is 3.15. The molecule has 6 nitrogen and oxygen atoms in total. The average molecular weight is 421 g/mol. The minimum Gasteiger partial charge on any atom is -0.494 e. The first-order valence-electron chi connectivity index (χ1n) is 10.9. The van der Waals surface area contributed by atoms with E-state index < -0.39 is 6.10 Å². The number of fused-ring (bicyclic) bond motifs is 3. The maximum atomic E-state index is 10.6. The summed E-state index contributed by atoms with van der Waals surface area (Å²) in [5.41, 5.74) is 1.98. The summed E-state index contributed by atoms with van der Waals surface area (Å²) in [5.74, 6) is 1.44. The van der Waals surface area contributed by atoms with E-state index in [-0.39, 0.29) is 6.61 Å². The first-order chi connectivity index (χ1) is 15.2. The van der Waals surface area contributed by atoms with E-state index in [1.807, 2.05) is 30.3 Å². The van der Waals surface area contributed by atoms with E-state index in [1.165, 1.54) is 0 Å². The van der Waals surface area contributed by atoms with Crippen molar-refractivity contribution in [2.24, 2.45) is 0 Å². The van der Waals surface area contributed by atoms with Crippen molar-refractivity contribution in [1.82, 2.24) is 9.88 Å². The number of β-amino-alcohol motifs (C(OH)–C–C–N with tert-alkyl or cyclic N) is 1. The number of likely N-dealkylation sites (tertiary alicyclic amines) is 1. The van der Waals surface area contributed by atoms with E-state index in [0.717, 1.165) is 53.6 Å². The summed E-state index contributed by atoms with van der Waals surface area (Å²) in [6.45, 7) is 2.65. The zero-order valence-corrected chi connectivity index (χ0v) is 17.7. The fourth-order valence-electron chi connectivity index (χ4n) is 4.75. The number of morpholine rings is 1. The third-order valence-corrected chi connectivity index (χ3v) is 6.16. The highest BCUT2D eigenvalue weighted by molar-refractivity contribution is 5.99.